The van der Waals surface area contributed by atoms with Crippen molar-refractivity contribution in [3.8, 4) is 0 Å². The Hall–Kier alpha value is -0.620. The Morgan fingerprint density at radius 2 is 2.19 bits per heavy atom. The predicted octanol–water partition coefficient (Wildman–Crippen LogP) is 3.02. The van der Waals surface area contributed by atoms with E-state index < -0.39 is 11.2 Å². The van der Waals surface area contributed by atoms with E-state index in [0.717, 1.165) is 35.5 Å². The maximum atomic E-state index is 12.4. The van der Waals surface area contributed by atoms with Gasteiger partial charge in [-0.3, -0.25) is 0 Å². The van der Waals surface area contributed by atoms with Crippen molar-refractivity contribution in [1.29, 1.82) is 0 Å². The van der Waals surface area contributed by atoms with Gasteiger partial charge in [-0.2, -0.15) is 13.2 Å². The first-order chi connectivity index (χ1) is 7.52. The first kappa shape index (κ1) is 11.9. The molecule has 6 heteroatoms. The molecule has 2 unspecified atom stereocenters. The summed E-state index contributed by atoms with van der Waals surface area (Å²) in [5.74, 6) is 0.193. The molecule has 1 aromatic heterocycles. The largest absolute Gasteiger partial charge is 0.443 e. The van der Waals surface area contributed by atoms with Crippen molar-refractivity contribution < 1.29 is 13.2 Å². The molecular weight excluding hydrogens is 237 g/mol. The van der Waals surface area contributed by atoms with Gasteiger partial charge in [-0.05, 0) is 19.9 Å². The number of thiazole rings is 1. The molecule has 0 aromatic carbocycles. The van der Waals surface area contributed by atoms with Crippen LogP contribution in [0.25, 0.3) is 0 Å². The summed E-state index contributed by atoms with van der Waals surface area (Å²) in [6.45, 7) is 0. The summed E-state index contributed by atoms with van der Waals surface area (Å²) in [5.41, 5.74) is 0. The lowest BCUT2D eigenvalue weighted by molar-refractivity contribution is -0.137. The number of hydrogen-bond donors (Lipinski definition) is 1. The Kier molecular flexibility index (Phi) is 3.21. The highest BCUT2D eigenvalue weighted by atomic mass is 32.1. The molecule has 0 amide bonds. The maximum Gasteiger partial charge on any atom is 0.443 e. The standard InChI is InChI=1S/C10H13F3N2S/c1-14-7-4-2-3-6(7)8-5-15-9(16-8)10(11,12)13/h5-7,14H,2-4H2,1H3. The molecule has 1 saturated carbocycles. The monoisotopic (exact) mass is 250 g/mol. The van der Waals surface area contributed by atoms with Gasteiger partial charge in [0.15, 0.2) is 5.01 Å². The summed E-state index contributed by atoms with van der Waals surface area (Å²) in [5, 5.41) is 2.43. The van der Waals surface area contributed by atoms with Crippen LogP contribution in [0.1, 0.15) is 35.1 Å². The van der Waals surface area contributed by atoms with Crippen LogP contribution in [0.15, 0.2) is 6.20 Å². The van der Waals surface area contributed by atoms with Gasteiger partial charge in [0.1, 0.15) is 0 Å². The second-order valence-corrected chi connectivity index (χ2v) is 5.06. The molecule has 0 aliphatic heterocycles. The Morgan fingerprint density at radius 3 is 2.75 bits per heavy atom. The number of nitrogens with one attached hydrogen (secondary N) is 1. The van der Waals surface area contributed by atoms with Crippen molar-refractivity contribution in [3.05, 3.63) is 16.1 Å². The third-order valence-electron chi connectivity index (χ3n) is 3.02. The molecule has 1 aliphatic rings. The smallest absolute Gasteiger partial charge is 0.316 e. The molecule has 1 heterocycles. The number of halogens is 3. The lowest BCUT2D eigenvalue weighted by Gasteiger charge is -2.16. The molecule has 2 nitrogen and oxygen atoms in total. The highest BCUT2D eigenvalue weighted by Gasteiger charge is 2.36. The minimum atomic E-state index is -4.31. The van der Waals surface area contributed by atoms with E-state index in [1.165, 1.54) is 6.20 Å². The van der Waals surface area contributed by atoms with E-state index in [4.69, 9.17) is 0 Å². The molecule has 0 spiro atoms. The van der Waals surface area contributed by atoms with E-state index >= 15 is 0 Å². The first-order valence-electron chi connectivity index (χ1n) is 5.22. The van der Waals surface area contributed by atoms with Gasteiger partial charge in [-0.1, -0.05) is 6.42 Å². The molecule has 0 saturated heterocycles. The summed E-state index contributed by atoms with van der Waals surface area (Å²) in [7, 11) is 1.86. The highest BCUT2D eigenvalue weighted by Crippen LogP contribution is 2.40. The summed E-state index contributed by atoms with van der Waals surface area (Å²) in [6.07, 6.45) is 0.116. The maximum absolute atomic E-state index is 12.4. The number of hydrogen-bond acceptors (Lipinski definition) is 3. The normalized spacial score (nSPS) is 26.2. The van der Waals surface area contributed by atoms with Gasteiger partial charge in [0.05, 0.1) is 0 Å². The Bertz CT molecular complexity index is 361. The number of alkyl halides is 3. The molecule has 0 radical (unpaired) electrons. The van der Waals surface area contributed by atoms with E-state index in [-0.39, 0.29) is 5.92 Å². The fourth-order valence-corrected chi connectivity index (χ4v) is 3.22. The Labute approximate surface area is 95.9 Å². The molecule has 16 heavy (non-hydrogen) atoms. The van der Waals surface area contributed by atoms with E-state index in [9.17, 15) is 13.2 Å². The fraction of sp³-hybridized carbons (Fsp3) is 0.700. The summed E-state index contributed by atoms with van der Waals surface area (Å²) < 4.78 is 37.2. The van der Waals surface area contributed by atoms with Crippen molar-refractivity contribution in [2.75, 3.05) is 7.05 Å². The highest BCUT2D eigenvalue weighted by molar-refractivity contribution is 7.11. The van der Waals surface area contributed by atoms with Crippen molar-refractivity contribution >= 4 is 11.3 Å². The van der Waals surface area contributed by atoms with Gasteiger partial charge in [0.2, 0.25) is 0 Å². The lowest BCUT2D eigenvalue weighted by atomic mass is 10.0. The minimum Gasteiger partial charge on any atom is -0.316 e. The van der Waals surface area contributed by atoms with Gasteiger partial charge in [-0.15, -0.1) is 11.3 Å². The zero-order chi connectivity index (χ0) is 11.8. The Balaban J connectivity index is 2.18. The molecule has 0 bridgehead atoms. The average Bonchev–Trinajstić information content (AvgIpc) is 2.84. The van der Waals surface area contributed by atoms with Crippen molar-refractivity contribution in [2.45, 2.75) is 37.4 Å². The van der Waals surface area contributed by atoms with Gasteiger partial charge < -0.3 is 5.32 Å². The third kappa shape index (κ3) is 2.22. The first-order valence-corrected chi connectivity index (χ1v) is 6.04. The molecule has 1 aliphatic carbocycles. The summed E-state index contributed by atoms with van der Waals surface area (Å²) in [6, 6.07) is 0.293. The topological polar surface area (TPSA) is 24.9 Å². The van der Waals surface area contributed by atoms with E-state index in [0.29, 0.717) is 6.04 Å². The van der Waals surface area contributed by atoms with Crippen LogP contribution in [0.5, 0.6) is 0 Å². The quantitative estimate of drug-likeness (QED) is 0.872. The predicted molar refractivity (Wildman–Crippen MR) is 56.6 cm³/mol. The molecule has 1 N–H and O–H groups in total. The number of nitrogens with zero attached hydrogens (tertiary/aromatic N) is 1. The fourth-order valence-electron chi connectivity index (χ4n) is 2.24. The molecule has 1 fully saturated rings. The number of likely N-dealkylation sites (N-methyl/N-ethyl adjacent to an activating group) is 1. The van der Waals surface area contributed by atoms with Gasteiger partial charge in [0.25, 0.3) is 0 Å². The SMILES string of the molecule is CNC1CCCC1c1cnc(C(F)(F)F)s1. The van der Waals surface area contributed by atoms with Crippen molar-refractivity contribution in [1.82, 2.24) is 10.3 Å². The third-order valence-corrected chi connectivity index (χ3v) is 4.19. The molecule has 90 valence electrons. The van der Waals surface area contributed by atoms with Crippen LogP contribution < -0.4 is 5.32 Å². The Morgan fingerprint density at radius 1 is 1.44 bits per heavy atom. The van der Waals surface area contributed by atoms with E-state index in [2.05, 4.69) is 10.3 Å². The second-order valence-electron chi connectivity index (χ2n) is 4.00. The van der Waals surface area contributed by atoms with Crippen LogP contribution in [0, 0.1) is 0 Å². The van der Waals surface area contributed by atoms with Gasteiger partial charge >= 0.3 is 6.18 Å². The van der Waals surface area contributed by atoms with E-state index in [1.807, 2.05) is 7.05 Å². The number of rotatable bonds is 2. The van der Waals surface area contributed by atoms with Crippen LogP contribution in [-0.4, -0.2) is 18.1 Å². The van der Waals surface area contributed by atoms with Crippen LogP contribution in [0.2, 0.25) is 0 Å². The van der Waals surface area contributed by atoms with Crippen molar-refractivity contribution in [2.24, 2.45) is 0 Å². The minimum absolute atomic E-state index is 0.193. The van der Waals surface area contributed by atoms with Gasteiger partial charge in [0, 0.05) is 23.0 Å². The van der Waals surface area contributed by atoms with Crippen LogP contribution in [0.3, 0.4) is 0 Å². The zero-order valence-corrected chi connectivity index (χ0v) is 9.66. The average molecular weight is 250 g/mol. The van der Waals surface area contributed by atoms with Gasteiger partial charge in [-0.25, -0.2) is 4.98 Å². The summed E-state index contributed by atoms with van der Waals surface area (Å²) in [4.78, 5) is 4.22. The molecule has 1 aromatic rings. The van der Waals surface area contributed by atoms with E-state index in [1.54, 1.807) is 0 Å². The summed E-state index contributed by atoms with van der Waals surface area (Å²) >= 11 is 0.780. The number of aromatic nitrogens is 1. The van der Waals surface area contributed by atoms with Crippen molar-refractivity contribution in [3.63, 3.8) is 0 Å². The molecule has 2 atom stereocenters. The second kappa shape index (κ2) is 4.33. The molecule has 2 rings (SSSR count). The van der Waals surface area contributed by atoms with Crippen LogP contribution in [-0.2, 0) is 6.18 Å². The van der Waals surface area contributed by atoms with Crippen LogP contribution in [0.4, 0.5) is 13.2 Å². The zero-order valence-electron chi connectivity index (χ0n) is 8.84. The van der Waals surface area contributed by atoms with Crippen LogP contribution >= 0.6 is 11.3 Å². The lowest BCUT2D eigenvalue weighted by Crippen LogP contribution is -2.26. The molecular formula is C10H13F3N2S.